The predicted molar refractivity (Wildman–Crippen MR) is 100 cm³/mol. The first-order valence-corrected chi connectivity index (χ1v) is 8.68. The van der Waals surface area contributed by atoms with E-state index in [9.17, 15) is 13.6 Å². The number of aliphatic hydroxyl groups is 1. The van der Waals surface area contributed by atoms with Crippen molar-refractivity contribution in [2.75, 3.05) is 33.5 Å². The van der Waals surface area contributed by atoms with Gasteiger partial charge < -0.3 is 19.3 Å². The number of hydrogen-bond donors (Lipinski definition) is 1. The first-order chi connectivity index (χ1) is 13.5. The second-order valence-electron chi connectivity index (χ2n) is 5.68. The molecular formula is C21H22F2O5. The highest BCUT2D eigenvalue weighted by atomic mass is 19.2. The second kappa shape index (κ2) is 10.5. The highest BCUT2D eigenvalue weighted by molar-refractivity contribution is 6.11. The minimum atomic E-state index is -1.27. The first-order valence-electron chi connectivity index (χ1n) is 8.68. The van der Waals surface area contributed by atoms with Crippen molar-refractivity contribution in [2.45, 2.75) is 6.92 Å². The maximum atomic E-state index is 14.4. The molecule has 0 amide bonds. The van der Waals surface area contributed by atoms with Crippen molar-refractivity contribution in [1.82, 2.24) is 0 Å². The summed E-state index contributed by atoms with van der Waals surface area (Å²) in [5.74, 6) is -2.56. The van der Waals surface area contributed by atoms with Crippen LogP contribution in [-0.4, -0.2) is 44.4 Å². The van der Waals surface area contributed by atoms with E-state index in [1.54, 1.807) is 18.2 Å². The van der Waals surface area contributed by atoms with Crippen LogP contribution in [-0.2, 0) is 9.47 Å². The van der Waals surface area contributed by atoms with Crippen LogP contribution in [0.25, 0.3) is 5.76 Å². The topological polar surface area (TPSA) is 65.0 Å². The molecule has 0 aliphatic heterocycles. The van der Waals surface area contributed by atoms with Gasteiger partial charge in [0.1, 0.15) is 23.7 Å². The first kappa shape index (κ1) is 21.5. The molecule has 5 nitrogen and oxygen atoms in total. The molecule has 0 heterocycles. The molecule has 0 radical (unpaired) electrons. The van der Waals surface area contributed by atoms with Gasteiger partial charge in [-0.25, -0.2) is 8.78 Å². The largest absolute Gasteiger partial charge is 0.496 e. The van der Waals surface area contributed by atoms with Gasteiger partial charge in [0.05, 0.1) is 26.9 Å². The molecule has 0 saturated carbocycles. The SMILES string of the molecule is C/C=C(/OC)c1ccc(C(=O)c2c(OCCOCCO)ccc(F)c2F)cc1. The Morgan fingerprint density at radius 1 is 1.04 bits per heavy atom. The van der Waals surface area contributed by atoms with E-state index in [-0.39, 0.29) is 37.7 Å². The minimum Gasteiger partial charge on any atom is -0.496 e. The minimum absolute atomic E-state index is 0.0167. The zero-order valence-corrected chi connectivity index (χ0v) is 15.7. The Balaban J connectivity index is 2.27. The quantitative estimate of drug-likeness (QED) is 0.380. The average Bonchev–Trinajstić information content (AvgIpc) is 2.71. The van der Waals surface area contributed by atoms with Crippen LogP contribution in [0.1, 0.15) is 28.4 Å². The van der Waals surface area contributed by atoms with Gasteiger partial charge in [0.15, 0.2) is 17.4 Å². The van der Waals surface area contributed by atoms with Gasteiger partial charge >= 0.3 is 0 Å². The van der Waals surface area contributed by atoms with E-state index in [1.807, 2.05) is 6.92 Å². The summed E-state index contributed by atoms with van der Waals surface area (Å²) in [6.45, 7) is 1.96. The number of halogens is 2. The van der Waals surface area contributed by atoms with Gasteiger partial charge in [0, 0.05) is 11.1 Å². The number of aliphatic hydroxyl groups excluding tert-OH is 1. The van der Waals surface area contributed by atoms with Crippen molar-refractivity contribution in [3.8, 4) is 5.75 Å². The zero-order chi connectivity index (χ0) is 20.5. The number of methoxy groups -OCH3 is 1. The van der Waals surface area contributed by atoms with Crippen LogP contribution in [0, 0.1) is 11.6 Å². The van der Waals surface area contributed by atoms with Crippen molar-refractivity contribution in [3.05, 3.63) is 70.8 Å². The van der Waals surface area contributed by atoms with Crippen molar-refractivity contribution in [2.24, 2.45) is 0 Å². The van der Waals surface area contributed by atoms with Gasteiger partial charge in [-0.2, -0.15) is 0 Å². The van der Waals surface area contributed by atoms with Crippen molar-refractivity contribution in [3.63, 3.8) is 0 Å². The summed E-state index contributed by atoms with van der Waals surface area (Å²) in [5, 5.41) is 8.66. The third-order valence-electron chi connectivity index (χ3n) is 3.92. The van der Waals surface area contributed by atoms with Gasteiger partial charge in [-0.05, 0) is 25.1 Å². The van der Waals surface area contributed by atoms with E-state index in [0.29, 0.717) is 5.76 Å². The molecule has 7 heteroatoms. The zero-order valence-electron chi connectivity index (χ0n) is 15.7. The molecule has 28 heavy (non-hydrogen) atoms. The van der Waals surface area contributed by atoms with Gasteiger partial charge in [-0.1, -0.05) is 24.3 Å². The lowest BCUT2D eigenvalue weighted by Crippen LogP contribution is -2.13. The van der Waals surface area contributed by atoms with E-state index in [0.717, 1.165) is 11.6 Å². The van der Waals surface area contributed by atoms with E-state index in [2.05, 4.69) is 0 Å². The summed E-state index contributed by atoms with van der Waals surface area (Å²) in [5.41, 5.74) is 0.452. The molecule has 0 atom stereocenters. The molecule has 0 aliphatic rings. The lowest BCUT2D eigenvalue weighted by molar-refractivity contribution is 0.0700. The van der Waals surface area contributed by atoms with Crippen LogP contribution in [0.4, 0.5) is 8.78 Å². The number of carbonyl (C=O) groups is 1. The Hall–Kier alpha value is -2.77. The van der Waals surface area contributed by atoms with Crippen LogP contribution in [0.5, 0.6) is 5.75 Å². The van der Waals surface area contributed by atoms with Crippen LogP contribution in [0.15, 0.2) is 42.5 Å². The Bertz CT molecular complexity index is 831. The molecule has 2 aromatic carbocycles. The van der Waals surface area contributed by atoms with Gasteiger partial charge in [-0.3, -0.25) is 4.79 Å². The fourth-order valence-electron chi connectivity index (χ4n) is 2.57. The van der Waals surface area contributed by atoms with Gasteiger partial charge in [0.25, 0.3) is 0 Å². The normalized spacial score (nSPS) is 11.4. The highest BCUT2D eigenvalue weighted by Gasteiger charge is 2.23. The molecular weight excluding hydrogens is 370 g/mol. The molecule has 0 fully saturated rings. The number of rotatable bonds is 10. The highest BCUT2D eigenvalue weighted by Crippen LogP contribution is 2.27. The number of carbonyl (C=O) groups excluding carboxylic acids is 1. The summed E-state index contributed by atoms with van der Waals surface area (Å²) < 4.78 is 43.8. The fourth-order valence-corrected chi connectivity index (χ4v) is 2.57. The standard InChI is InChI=1S/C21H22F2O5/c1-3-17(26-2)14-4-6-15(7-5-14)21(25)19-18(9-8-16(22)20(19)23)28-13-12-27-11-10-24/h3-9,24H,10-13H2,1-2H3/b17-3+. The van der Waals surface area contributed by atoms with Crippen molar-refractivity contribution < 1.29 is 32.9 Å². The third-order valence-corrected chi connectivity index (χ3v) is 3.92. The van der Waals surface area contributed by atoms with Crippen molar-refractivity contribution in [1.29, 1.82) is 0 Å². The van der Waals surface area contributed by atoms with Crippen LogP contribution >= 0.6 is 0 Å². The summed E-state index contributed by atoms with van der Waals surface area (Å²) in [6, 6.07) is 8.45. The summed E-state index contributed by atoms with van der Waals surface area (Å²) in [4.78, 5) is 12.8. The molecule has 150 valence electrons. The third kappa shape index (κ3) is 5.15. The lowest BCUT2D eigenvalue weighted by atomic mass is 10.00. The molecule has 1 N–H and O–H groups in total. The molecule has 0 aliphatic carbocycles. The maximum Gasteiger partial charge on any atom is 0.199 e. The Kier molecular flexibility index (Phi) is 8.10. The number of allylic oxidation sites excluding steroid dienone is 1. The molecule has 0 unspecified atom stereocenters. The average molecular weight is 392 g/mol. The molecule has 0 spiro atoms. The van der Waals surface area contributed by atoms with E-state index in [1.165, 1.54) is 25.3 Å². The Morgan fingerprint density at radius 2 is 1.71 bits per heavy atom. The van der Waals surface area contributed by atoms with Crippen molar-refractivity contribution >= 4 is 11.5 Å². The summed E-state index contributed by atoms with van der Waals surface area (Å²) in [7, 11) is 1.53. The van der Waals surface area contributed by atoms with E-state index in [4.69, 9.17) is 19.3 Å². The van der Waals surface area contributed by atoms with Crippen LogP contribution in [0.2, 0.25) is 0 Å². The summed E-state index contributed by atoms with van der Waals surface area (Å²) in [6.07, 6.45) is 1.77. The van der Waals surface area contributed by atoms with Gasteiger partial charge in [0.2, 0.25) is 0 Å². The van der Waals surface area contributed by atoms with E-state index < -0.39 is 23.0 Å². The fraction of sp³-hybridized carbons (Fsp3) is 0.286. The van der Waals surface area contributed by atoms with Crippen LogP contribution < -0.4 is 4.74 Å². The number of hydrogen-bond acceptors (Lipinski definition) is 5. The Morgan fingerprint density at radius 3 is 2.32 bits per heavy atom. The Labute approximate surface area is 162 Å². The number of ether oxygens (including phenoxy) is 3. The molecule has 2 aromatic rings. The van der Waals surface area contributed by atoms with E-state index >= 15 is 0 Å². The number of benzene rings is 2. The lowest BCUT2D eigenvalue weighted by Gasteiger charge is -2.13. The summed E-state index contributed by atoms with van der Waals surface area (Å²) >= 11 is 0. The predicted octanol–water partition coefficient (Wildman–Crippen LogP) is 3.59. The smallest absolute Gasteiger partial charge is 0.199 e. The molecule has 0 aromatic heterocycles. The monoisotopic (exact) mass is 392 g/mol. The van der Waals surface area contributed by atoms with Gasteiger partial charge in [-0.15, -0.1) is 0 Å². The number of ketones is 1. The molecule has 0 bridgehead atoms. The second-order valence-corrected chi connectivity index (χ2v) is 5.68. The van der Waals surface area contributed by atoms with Crippen LogP contribution in [0.3, 0.4) is 0 Å². The maximum absolute atomic E-state index is 14.4. The molecule has 0 saturated heterocycles. The molecule has 2 rings (SSSR count).